The third-order valence-corrected chi connectivity index (χ3v) is 4.21. The Balaban J connectivity index is 2.75. The second kappa shape index (κ2) is 6.18. The molecule has 0 saturated carbocycles. The van der Waals surface area contributed by atoms with Crippen molar-refractivity contribution in [3.8, 4) is 0 Å². The number of carbonyl (C=O) groups is 2. The average molecular weight is 257 g/mol. The van der Waals surface area contributed by atoms with Gasteiger partial charge in [-0.2, -0.15) is 0 Å². The molecule has 1 saturated heterocycles. The SMILES string of the molecule is CCC(CC)(CC(=O)N1CCCC1CO)C(=O)O. The van der Waals surface area contributed by atoms with Crippen LogP contribution in [0.15, 0.2) is 0 Å². The van der Waals surface area contributed by atoms with Gasteiger partial charge in [-0.3, -0.25) is 9.59 Å². The second-order valence-electron chi connectivity index (χ2n) is 5.04. The van der Waals surface area contributed by atoms with E-state index in [1.165, 1.54) is 0 Å². The zero-order valence-corrected chi connectivity index (χ0v) is 11.2. The molecule has 5 nitrogen and oxygen atoms in total. The van der Waals surface area contributed by atoms with Crippen LogP contribution in [-0.4, -0.2) is 46.2 Å². The summed E-state index contributed by atoms with van der Waals surface area (Å²) < 4.78 is 0. The van der Waals surface area contributed by atoms with Gasteiger partial charge in [-0.1, -0.05) is 13.8 Å². The number of nitrogens with zero attached hydrogens (tertiary/aromatic N) is 1. The van der Waals surface area contributed by atoms with Crippen molar-refractivity contribution in [2.75, 3.05) is 13.2 Å². The van der Waals surface area contributed by atoms with Gasteiger partial charge >= 0.3 is 5.97 Å². The first kappa shape index (κ1) is 15.0. The zero-order valence-electron chi connectivity index (χ0n) is 11.2. The molecule has 1 rings (SSSR count). The molecule has 1 aliphatic heterocycles. The molecule has 0 bridgehead atoms. The molecule has 1 unspecified atom stereocenters. The number of carboxylic acid groups (broad SMARTS) is 1. The van der Waals surface area contributed by atoms with E-state index in [-0.39, 0.29) is 25.0 Å². The van der Waals surface area contributed by atoms with E-state index in [0.717, 1.165) is 12.8 Å². The number of aliphatic hydroxyl groups excluding tert-OH is 1. The zero-order chi connectivity index (χ0) is 13.8. The fourth-order valence-electron chi connectivity index (χ4n) is 2.62. The highest BCUT2D eigenvalue weighted by molar-refractivity contribution is 5.85. The minimum Gasteiger partial charge on any atom is -0.481 e. The van der Waals surface area contributed by atoms with Crippen LogP contribution in [0.5, 0.6) is 0 Å². The number of carboxylic acids is 1. The Morgan fingerprint density at radius 1 is 1.33 bits per heavy atom. The molecule has 0 aliphatic carbocycles. The van der Waals surface area contributed by atoms with Crippen molar-refractivity contribution in [1.82, 2.24) is 4.90 Å². The molecule has 1 atom stereocenters. The molecular weight excluding hydrogens is 234 g/mol. The van der Waals surface area contributed by atoms with Crippen LogP contribution in [0, 0.1) is 5.41 Å². The minimum absolute atomic E-state index is 0.0336. The lowest BCUT2D eigenvalue weighted by atomic mass is 9.79. The number of hydrogen-bond donors (Lipinski definition) is 2. The maximum atomic E-state index is 12.2. The van der Waals surface area contributed by atoms with E-state index in [1.54, 1.807) is 18.7 Å². The van der Waals surface area contributed by atoms with Gasteiger partial charge in [0.1, 0.15) is 0 Å². The summed E-state index contributed by atoms with van der Waals surface area (Å²) in [4.78, 5) is 25.2. The maximum Gasteiger partial charge on any atom is 0.310 e. The molecule has 1 fully saturated rings. The topological polar surface area (TPSA) is 77.8 Å². The number of amides is 1. The highest BCUT2D eigenvalue weighted by Crippen LogP contribution is 2.33. The van der Waals surface area contributed by atoms with Crippen LogP contribution >= 0.6 is 0 Å². The quantitative estimate of drug-likeness (QED) is 0.750. The number of rotatable bonds is 6. The fraction of sp³-hybridized carbons (Fsp3) is 0.846. The van der Waals surface area contributed by atoms with E-state index in [4.69, 9.17) is 0 Å². The van der Waals surface area contributed by atoms with Crippen molar-refractivity contribution < 1.29 is 19.8 Å². The van der Waals surface area contributed by atoms with Crippen molar-refractivity contribution in [2.24, 2.45) is 5.41 Å². The first-order valence-electron chi connectivity index (χ1n) is 6.64. The van der Waals surface area contributed by atoms with Gasteiger partial charge in [0.05, 0.1) is 18.1 Å². The van der Waals surface area contributed by atoms with Gasteiger partial charge in [-0.25, -0.2) is 0 Å². The summed E-state index contributed by atoms with van der Waals surface area (Å²) in [6.07, 6.45) is 2.62. The minimum atomic E-state index is -0.959. The first-order valence-corrected chi connectivity index (χ1v) is 6.64. The van der Waals surface area contributed by atoms with Gasteiger partial charge in [0.2, 0.25) is 5.91 Å². The Morgan fingerprint density at radius 3 is 2.39 bits per heavy atom. The fourth-order valence-corrected chi connectivity index (χ4v) is 2.62. The number of aliphatic carboxylic acids is 1. The van der Waals surface area contributed by atoms with Gasteiger partial charge in [0, 0.05) is 13.0 Å². The Kier molecular flexibility index (Phi) is 5.14. The van der Waals surface area contributed by atoms with Crippen LogP contribution in [0.1, 0.15) is 46.0 Å². The van der Waals surface area contributed by atoms with E-state index in [9.17, 15) is 19.8 Å². The van der Waals surface area contributed by atoms with Gasteiger partial charge in [0.15, 0.2) is 0 Å². The van der Waals surface area contributed by atoms with Gasteiger partial charge < -0.3 is 15.1 Å². The number of hydrogen-bond acceptors (Lipinski definition) is 3. The monoisotopic (exact) mass is 257 g/mol. The molecule has 1 aliphatic rings. The molecule has 0 aromatic rings. The van der Waals surface area contributed by atoms with E-state index in [2.05, 4.69) is 0 Å². The van der Waals surface area contributed by atoms with Gasteiger partial charge in [-0.15, -0.1) is 0 Å². The van der Waals surface area contributed by atoms with Crippen molar-refractivity contribution >= 4 is 11.9 Å². The van der Waals surface area contributed by atoms with Crippen LogP contribution in [0.3, 0.4) is 0 Å². The van der Waals surface area contributed by atoms with Crippen molar-refractivity contribution in [1.29, 1.82) is 0 Å². The Hall–Kier alpha value is -1.10. The van der Waals surface area contributed by atoms with Crippen LogP contribution in [0.2, 0.25) is 0 Å². The highest BCUT2D eigenvalue weighted by atomic mass is 16.4. The Morgan fingerprint density at radius 2 is 1.94 bits per heavy atom. The molecule has 0 aromatic carbocycles. The van der Waals surface area contributed by atoms with Crippen molar-refractivity contribution in [3.05, 3.63) is 0 Å². The lowest BCUT2D eigenvalue weighted by molar-refractivity contribution is -0.154. The normalized spacial score (nSPS) is 20.2. The second-order valence-corrected chi connectivity index (χ2v) is 5.04. The molecule has 1 amide bonds. The third kappa shape index (κ3) is 2.83. The largest absolute Gasteiger partial charge is 0.481 e. The molecule has 0 aromatic heterocycles. The molecule has 0 radical (unpaired) electrons. The van der Waals surface area contributed by atoms with Crippen molar-refractivity contribution in [3.63, 3.8) is 0 Å². The summed E-state index contributed by atoms with van der Waals surface area (Å²) in [7, 11) is 0. The molecule has 104 valence electrons. The molecule has 5 heteroatoms. The number of carbonyl (C=O) groups excluding carboxylic acids is 1. The third-order valence-electron chi connectivity index (χ3n) is 4.21. The number of aliphatic hydroxyl groups is 1. The standard InChI is InChI=1S/C13H23NO4/c1-3-13(4-2,12(17)18)8-11(16)14-7-5-6-10(14)9-15/h10,15H,3-9H2,1-2H3,(H,17,18). The summed E-state index contributed by atoms with van der Waals surface area (Å²) in [6.45, 7) is 4.20. The Bertz CT molecular complexity index is 312. The first-order chi connectivity index (χ1) is 8.50. The van der Waals surface area contributed by atoms with E-state index in [1.807, 2.05) is 0 Å². The lowest BCUT2D eigenvalue weighted by Gasteiger charge is -2.30. The smallest absolute Gasteiger partial charge is 0.310 e. The van der Waals surface area contributed by atoms with Gasteiger partial charge in [-0.05, 0) is 25.7 Å². The summed E-state index contributed by atoms with van der Waals surface area (Å²) >= 11 is 0. The summed E-state index contributed by atoms with van der Waals surface area (Å²) in [5.74, 6) is -1.04. The summed E-state index contributed by atoms with van der Waals surface area (Å²) in [6, 6.07) is -0.127. The highest BCUT2D eigenvalue weighted by Gasteiger charge is 2.40. The van der Waals surface area contributed by atoms with Crippen LogP contribution in [0.4, 0.5) is 0 Å². The maximum absolute atomic E-state index is 12.2. The van der Waals surface area contributed by atoms with E-state index in [0.29, 0.717) is 19.4 Å². The summed E-state index contributed by atoms with van der Waals surface area (Å²) in [5.41, 5.74) is -0.959. The van der Waals surface area contributed by atoms with E-state index >= 15 is 0 Å². The molecular formula is C13H23NO4. The van der Waals surface area contributed by atoms with Crippen molar-refractivity contribution in [2.45, 2.75) is 52.0 Å². The lowest BCUT2D eigenvalue weighted by Crippen LogP contribution is -2.42. The molecule has 2 N–H and O–H groups in total. The summed E-state index contributed by atoms with van der Waals surface area (Å²) in [5, 5.41) is 18.5. The van der Waals surface area contributed by atoms with Crippen LogP contribution in [0.25, 0.3) is 0 Å². The molecule has 1 heterocycles. The predicted octanol–water partition coefficient (Wildman–Crippen LogP) is 1.25. The van der Waals surface area contributed by atoms with Crippen LogP contribution < -0.4 is 0 Å². The van der Waals surface area contributed by atoms with Gasteiger partial charge in [0.25, 0.3) is 0 Å². The predicted molar refractivity (Wildman–Crippen MR) is 67.1 cm³/mol. The van der Waals surface area contributed by atoms with Crippen LogP contribution in [-0.2, 0) is 9.59 Å². The molecule has 0 spiro atoms. The van der Waals surface area contributed by atoms with E-state index < -0.39 is 11.4 Å². The Labute approximate surface area is 108 Å². The number of likely N-dealkylation sites (tertiary alicyclic amines) is 1. The molecule has 18 heavy (non-hydrogen) atoms. The average Bonchev–Trinajstić information content (AvgIpc) is 2.83.